The SMILES string of the molecule is CCO[PH2+]c1cc(NSC)ccc1[NH+]=C(N)/C(C(=O)[NH2+]Cc1ccc(F)c(F)c1)=C(\O)C(=[NH2+])c1ccsc1. The van der Waals surface area contributed by atoms with Crippen molar-refractivity contribution in [3.05, 3.63) is 87.3 Å². The van der Waals surface area contributed by atoms with Crippen LogP contribution in [-0.2, 0) is 15.9 Å². The van der Waals surface area contributed by atoms with Gasteiger partial charge in [-0.15, -0.1) is 0 Å². The molecule has 0 aliphatic heterocycles. The molecule has 0 aliphatic rings. The molecular weight excluding hydrogens is 551 g/mol. The van der Waals surface area contributed by atoms with Crippen LogP contribution >= 0.6 is 32.1 Å². The highest BCUT2D eigenvalue weighted by Crippen LogP contribution is 2.20. The summed E-state index contributed by atoms with van der Waals surface area (Å²) in [5.74, 6) is -3.28. The number of hydrogen-bond acceptors (Lipinski definition) is 6. The standard InChI is InChI=1S/C25H26F2N5O3PS2/c1-3-35-36-20-11-16(32-37-2)5-7-19(20)31-24(29)21(23(33)22(28)15-8-9-38-13-15)25(34)30-12-14-4-6-17(26)18(27)10-14/h4-11,13,28,32-33,36H,3,12H2,1-2H3,(H2,29,31)(H,30,34)/p+4/b23-21+,28-22?. The number of aliphatic hydroxyl groups excluding tert-OH is 1. The second-order valence-electron chi connectivity index (χ2n) is 7.89. The first-order chi connectivity index (χ1) is 18.2. The first kappa shape index (κ1) is 29.4. The second-order valence-corrected chi connectivity index (χ2v) is 10.5. The van der Waals surface area contributed by atoms with Gasteiger partial charge in [-0.1, -0.05) is 18.0 Å². The van der Waals surface area contributed by atoms with Gasteiger partial charge in [0.05, 0.1) is 12.2 Å². The van der Waals surface area contributed by atoms with E-state index in [0.717, 1.165) is 23.1 Å². The summed E-state index contributed by atoms with van der Waals surface area (Å²) in [6.45, 7) is 2.41. The van der Waals surface area contributed by atoms with Crippen molar-refractivity contribution in [3.8, 4) is 0 Å². The summed E-state index contributed by atoms with van der Waals surface area (Å²) in [7, 11) is -0.569. The fourth-order valence-electron chi connectivity index (χ4n) is 3.38. The highest BCUT2D eigenvalue weighted by atomic mass is 32.2. The van der Waals surface area contributed by atoms with Gasteiger partial charge in [-0.3, -0.25) is 16.5 Å². The zero-order valence-electron chi connectivity index (χ0n) is 20.8. The van der Waals surface area contributed by atoms with Crippen molar-refractivity contribution in [1.29, 1.82) is 0 Å². The first-order valence-electron chi connectivity index (χ1n) is 11.4. The van der Waals surface area contributed by atoms with E-state index in [-0.39, 0.29) is 23.7 Å². The van der Waals surface area contributed by atoms with E-state index >= 15 is 0 Å². The molecule has 9 N–H and O–H groups in total. The van der Waals surface area contributed by atoms with Gasteiger partial charge in [0.25, 0.3) is 5.84 Å². The van der Waals surface area contributed by atoms with E-state index in [4.69, 9.17) is 15.7 Å². The number of aliphatic hydroxyl groups is 1. The molecule has 3 aromatic rings. The molecule has 200 valence electrons. The van der Waals surface area contributed by atoms with Gasteiger partial charge >= 0.3 is 5.91 Å². The van der Waals surface area contributed by atoms with Gasteiger partial charge in [-0.05, 0) is 42.6 Å². The molecule has 1 unspecified atom stereocenters. The number of benzene rings is 2. The average molecular weight is 582 g/mol. The minimum Gasteiger partial charge on any atom is -0.501 e. The third kappa shape index (κ3) is 7.68. The number of halogens is 2. The van der Waals surface area contributed by atoms with Crippen molar-refractivity contribution in [2.75, 3.05) is 17.6 Å². The molecule has 1 amide bonds. The average Bonchev–Trinajstić information content (AvgIpc) is 3.44. The van der Waals surface area contributed by atoms with Crippen LogP contribution in [0, 0.1) is 11.6 Å². The summed E-state index contributed by atoms with van der Waals surface area (Å²) in [5.41, 5.74) is 8.46. The topological polar surface area (TPSA) is 141 Å². The number of carbonyl (C=O) groups is 1. The molecule has 0 saturated carbocycles. The zero-order chi connectivity index (χ0) is 27.7. The number of nitrogens with two attached hydrogens (primary N) is 3. The van der Waals surface area contributed by atoms with E-state index in [1.54, 1.807) is 22.9 Å². The Morgan fingerprint density at radius 1 is 1.26 bits per heavy atom. The van der Waals surface area contributed by atoms with Crippen LogP contribution in [0.3, 0.4) is 0 Å². The number of quaternary nitrogens is 1. The Morgan fingerprint density at radius 2 is 2.05 bits per heavy atom. The number of thiophene rings is 1. The lowest BCUT2D eigenvalue weighted by molar-refractivity contribution is -0.581. The van der Waals surface area contributed by atoms with Crippen LogP contribution in [0.15, 0.2) is 64.6 Å². The van der Waals surface area contributed by atoms with E-state index in [1.807, 2.05) is 25.3 Å². The third-order valence-corrected chi connectivity index (χ3v) is 7.62. The fourth-order valence-corrected chi connectivity index (χ4v) is 5.29. The molecule has 0 aliphatic carbocycles. The highest BCUT2D eigenvalue weighted by molar-refractivity contribution is 7.99. The van der Waals surface area contributed by atoms with Gasteiger partial charge in [0.1, 0.15) is 6.54 Å². The van der Waals surface area contributed by atoms with Crippen LogP contribution in [0.4, 0.5) is 20.2 Å². The van der Waals surface area contributed by atoms with Crippen LogP contribution in [-0.4, -0.2) is 35.4 Å². The quantitative estimate of drug-likeness (QED) is 0.0449. The van der Waals surface area contributed by atoms with Crippen molar-refractivity contribution in [3.63, 3.8) is 0 Å². The predicted octanol–water partition coefficient (Wildman–Crippen LogP) is 0.124. The number of allylic oxidation sites excluding steroid dienone is 1. The molecule has 0 saturated heterocycles. The molecule has 0 spiro atoms. The van der Waals surface area contributed by atoms with Gasteiger partial charge in [0, 0.05) is 29.0 Å². The molecule has 1 atom stereocenters. The number of primary amides is 1. The molecule has 3 rings (SSSR count). The lowest BCUT2D eigenvalue weighted by Gasteiger charge is -2.07. The van der Waals surface area contributed by atoms with Crippen molar-refractivity contribution in [2.45, 2.75) is 13.5 Å². The predicted molar refractivity (Wildman–Crippen MR) is 151 cm³/mol. The number of nitrogens with one attached hydrogen (secondary N) is 2. The Bertz CT molecular complexity index is 1370. The molecule has 1 aromatic heterocycles. The van der Waals surface area contributed by atoms with Gasteiger partial charge < -0.3 is 9.83 Å². The maximum Gasteiger partial charge on any atom is 0.355 e. The Labute approximate surface area is 228 Å². The summed E-state index contributed by atoms with van der Waals surface area (Å²) < 4.78 is 35.8. The number of amides is 1. The first-order valence-corrected chi connectivity index (χ1v) is 14.6. The van der Waals surface area contributed by atoms with E-state index in [2.05, 4.69) is 9.71 Å². The van der Waals surface area contributed by atoms with Crippen LogP contribution in [0.2, 0.25) is 0 Å². The van der Waals surface area contributed by atoms with E-state index < -0.39 is 32.1 Å². The van der Waals surface area contributed by atoms with Crippen LogP contribution in [0.1, 0.15) is 18.1 Å². The van der Waals surface area contributed by atoms with Crippen molar-refractivity contribution < 1.29 is 38.9 Å². The number of carbonyl (C=O) groups excluding carboxylic acids is 1. The summed E-state index contributed by atoms with van der Waals surface area (Å²) in [6.07, 6.45) is 1.91. The fraction of sp³-hybridized carbons (Fsp3) is 0.160. The van der Waals surface area contributed by atoms with Crippen molar-refractivity contribution in [1.82, 2.24) is 0 Å². The lowest BCUT2D eigenvalue weighted by Crippen LogP contribution is -2.88. The van der Waals surface area contributed by atoms with Gasteiger partial charge in [0.2, 0.25) is 17.0 Å². The van der Waals surface area contributed by atoms with Crippen LogP contribution in [0.25, 0.3) is 0 Å². The second kappa shape index (κ2) is 14.1. The molecule has 8 nitrogen and oxygen atoms in total. The highest BCUT2D eigenvalue weighted by Gasteiger charge is 2.32. The Morgan fingerprint density at radius 3 is 2.71 bits per heavy atom. The number of hydrogen-bond donors (Lipinski definition) is 6. The maximum atomic E-state index is 13.6. The van der Waals surface area contributed by atoms with Gasteiger partial charge in [-0.2, -0.15) is 11.3 Å². The third-order valence-electron chi connectivity index (χ3n) is 5.26. The molecule has 38 heavy (non-hydrogen) atoms. The maximum absolute atomic E-state index is 13.6. The molecule has 0 bridgehead atoms. The summed E-state index contributed by atoms with van der Waals surface area (Å²) >= 11 is 2.82. The van der Waals surface area contributed by atoms with Gasteiger partial charge in [-0.25, -0.2) is 23.1 Å². The molecule has 0 fully saturated rings. The molecule has 1 heterocycles. The minimum atomic E-state index is -1.02. The van der Waals surface area contributed by atoms with Gasteiger partial charge in [0.15, 0.2) is 31.4 Å². The zero-order valence-corrected chi connectivity index (χ0v) is 23.5. The Balaban J connectivity index is 2.00. The Hall–Kier alpha value is -3.15. The largest absolute Gasteiger partial charge is 0.501 e. The monoisotopic (exact) mass is 581 g/mol. The summed E-state index contributed by atoms with van der Waals surface area (Å²) in [5, 5.41) is 22.8. The van der Waals surface area contributed by atoms with Crippen molar-refractivity contribution in [2.24, 2.45) is 5.73 Å². The van der Waals surface area contributed by atoms with Crippen LogP contribution in [0.5, 0.6) is 0 Å². The minimum absolute atomic E-state index is 0.0206. The van der Waals surface area contributed by atoms with Crippen molar-refractivity contribution >= 4 is 66.2 Å². The van der Waals surface area contributed by atoms with Crippen LogP contribution < -0.4 is 31.5 Å². The number of rotatable bonds is 12. The smallest absolute Gasteiger partial charge is 0.355 e. The molecule has 13 heteroatoms. The molecule has 2 aromatic carbocycles. The number of anilines is 1. The summed E-state index contributed by atoms with van der Waals surface area (Å²) in [6, 6.07) is 10.6. The van der Waals surface area contributed by atoms with E-state index in [0.29, 0.717) is 23.4 Å². The summed E-state index contributed by atoms with van der Waals surface area (Å²) in [4.78, 5) is 16.4. The molecule has 0 radical (unpaired) electrons. The molecular formula is C25H30F2N5O3PS2+4. The normalized spacial score (nSPS) is 12.6. The van der Waals surface area contributed by atoms with E-state index in [9.17, 15) is 18.7 Å². The lowest BCUT2D eigenvalue weighted by atomic mass is 10.1. The van der Waals surface area contributed by atoms with E-state index in [1.165, 1.54) is 34.7 Å². The number of amidine groups is 1. The Kier molecular flexibility index (Phi) is 10.9.